The molecule has 37 heavy (non-hydrogen) atoms. The summed E-state index contributed by atoms with van der Waals surface area (Å²) in [4.78, 5) is 50.8. The molecule has 8 heteroatoms. The van der Waals surface area contributed by atoms with Crippen molar-refractivity contribution in [1.82, 2.24) is 4.90 Å². The number of ketones is 1. The van der Waals surface area contributed by atoms with Crippen molar-refractivity contribution >= 4 is 46.8 Å². The molecule has 1 heterocycles. The molecule has 3 aromatic carbocycles. The van der Waals surface area contributed by atoms with E-state index in [1.54, 1.807) is 24.3 Å². The normalized spacial score (nSPS) is 26.9. The number of imide groups is 1. The Kier molecular flexibility index (Phi) is 5.34. The molecule has 1 aliphatic heterocycles. The summed E-state index contributed by atoms with van der Waals surface area (Å²) in [5, 5.41) is 0. The minimum Gasteiger partial charge on any atom is -0.456 e. The van der Waals surface area contributed by atoms with Crippen molar-refractivity contribution < 1.29 is 23.9 Å². The van der Waals surface area contributed by atoms with Crippen LogP contribution in [-0.4, -0.2) is 41.6 Å². The highest BCUT2D eigenvalue weighted by Gasteiger charge is 2.73. The van der Waals surface area contributed by atoms with Gasteiger partial charge in [-0.25, -0.2) is 0 Å². The summed E-state index contributed by atoms with van der Waals surface area (Å²) in [6.45, 7) is 0.772. The van der Waals surface area contributed by atoms with Gasteiger partial charge in [0.15, 0.2) is 12.4 Å². The predicted molar refractivity (Wildman–Crippen MR) is 136 cm³/mol. The van der Waals surface area contributed by atoms with Crippen LogP contribution in [-0.2, 0) is 28.9 Å². The van der Waals surface area contributed by atoms with Crippen LogP contribution in [0.25, 0.3) is 0 Å². The number of nitrogens with zero attached hydrogens (tertiary/aromatic N) is 1. The van der Waals surface area contributed by atoms with Gasteiger partial charge in [-0.05, 0) is 29.2 Å². The zero-order valence-corrected chi connectivity index (χ0v) is 21.3. The summed E-state index contributed by atoms with van der Waals surface area (Å²) < 4.78 is 5.14. The van der Waals surface area contributed by atoms with Crippen LogP contribution in [0, 0.1) is 18.8 Å². The van der Waals surface area contributed by atoms with Gasteiger partial charge >= 0.3 is 5.97 Å². The van der Waals surface area contributed by atoms with Gasteiger partial charge in [0.05, 0.1) is 11.8 Å². The molecular formula is C29H21Cl2NO5. The van der Waals surface area contributed by atoms with Crippen molar-refractivity contribution in [3.63, 3.8) is 0 Å². The fourth-order valence-electron chi connectivity index (χ4n) is 6.02. The van der Waals surface area contributed by atoms with Gasteiger partial charge in [-0.2, -0.15) is 0 Å². The van der Waals surface area contributed by atoms with Crippen molar-refractivity contribution in [3.05, 3.63) is 106 Å². The standard InChI is InChI=1S/C29H21Cl2NO5/c1-16-10-12-17(13-11-16)22(33)15-37-23(34)14-32-26(35)24-25(27(32)36)29(31)19-7-3-2-6-18(19)28(24,30)20-8-4-5-9-21(20)29/h2-13,24-25H,14-15H2,1H3/t24-,25+,28?,29?. The number of Topliss-reactive ketones (excluding diaryl/α,β-unsaturated/α-hetero) is 1. The number of benzene rings is 3. The second-order valence-electron chi connectivity index (χ2n) is 9.68. The Morgan fingerprint density at radius 3 is 1.65 bits per heavy atom. The minimum atomic E-state index is -1.32. The van der Waals surface area contributed by atoms with Crippen LogP contribution < -0.4 is 0 Å². The average molecular weight is 534 g/mol. The molecule has 0 spiro atoms. The number of halogens is 2. The van der Waals surface area contributed by atoms with E-state index in [4.69, 9.17) is 27.9 Å². The fourth-order valence-corrected chi connectivity index (χ4v) is 7.12. The molecule has 3 aliphatic carbocycles. The number of ether oxygens (including phenoxy) is 1. The van der Waals surface area contributed by atoms with Gasteiger partial charge < -0.3 is 4.74 Å². The van der Waals surface area contributed by atoms with E-state index in [1.165, 1.54) is 0 Å². The van der Waals surface area contributed by atoms with Crippen molar-refractivity contribution in [3.8, 4) is 0 Å². The lowest BCUT2D eigenvalue weighted by atomic mass is 9.54. The predicted octanol–water partition coefficient (Wildman–Crippen LogP) is 4.31. The van der Waals surface area contributed by atoms with E-state index in [1.807, 2.05) is 55.5 Å². The molecule has 0 aromatic heterocycles. The van der Waals surface area contributed by atoms with Gasteiger partial charge in [0.1, 0.15) is 16.3 Å². The van der Waals surface area contributed by atoms with E-state index in [0.717, 1.165) is 10.5 Å². The summed E-state index contributed by atoms with van der Waals surface area (Å²) in [7, 11) is 0. The van der Waals surface area contributed by atoms with E-state index >= 15 is 0 Å². The number of likely N-dealkylation sites (tertiary alicyclic amines) is 1. The molecule has 7 rings (SSSR count). The Morgan fingerprint density at radius 1 is 0.784 bits per heavy atom. The van der Waals surface area contributed by atoms with Gasteiger partial charge in [0.25, 0.3) is 0 Å². The lowest BCUT2D eigenvalue weighted by molar-refractivity contribution is -0.152. The van der Waals surface area contributed by atoms with Crippen molar-refractivity contribution in [1.29, 1.82) is 0 Å². The number of rotatable bonds is 5. The number of carbonyl (C=O) groups is 4. The number of aryl methyl sites for hydroxylation is 1. The van der Waals surface area contributed by atoms with E-state index in [-0.39, 0.29) is 5.78 Å². The van der Waals surface area contributed by atoms with Gasteiger partial charge in [-0.15, -0.1) is 23.2 Å². The minimum absolute atomic E-state index is 0.385. The van der Waals surface area contributed by atoms with Crippen LogP contribution in [0.4, 0.5) is 0 Å². The molecular weight excluding hydrogens is 513 g/mol. The summed E-state index contributed by atoms with van der Waals surface area (Å²) in [5.74, 6) is -4.40. The molecule has 1 saturated heterocycles. The molecule has 0 unspecified atom stereocenters. The zero-order valence-electron chi connectivity index (χ0n) is 19.7. The van der Waals surface area contributed by atoms with Crippen LogP contribution in [0.3, 0.4) is 0 Å². The molecule has 4 aliphatic rings. The first-order valence-corrected chi connectivity index (χ1v) is 12.6. The zero-order chi connectivity index (χ0) is 26.1. The molecule has 2 bridgehead atoms. The topological polar surface area (TPSA) is 80.8 Å². The van der Waals surface area contributed by atoms with Crippen LogP contribution >= 0.6 is 23.2 Å². The molecule has 186 valence electrons. The van der Waals surface area contributed by atoms with Crippen LogP contribution in [0.15, 0.2) is 72.8 Å². The molecule has 0 N–H and O–H groups in total. The van der Waals surface area contributed by atoms with E-state index < -0.39 is 52.5 Å². The largest absolute Gasteiger partial charge is 0.456 e. The number of hydrogen-bond donors (Lipinski definition) is 0. The molecule has 6 nitrogen and oxygen atoms in total. The molecule has 3 aromatic rings. The molecule has 0 saturated carbocycles. The highest BCUT2D eigenvalue weighted by atomic mass is 35.5. The van der Waals surface area contributed by atoms with Gasteiger partial charge in [-0.3, -0.25) is 24.1 Å². The Morgan fingerprint density at radius 2 is 1.22 bits per heavy atom. The maximum absolute atomic E-state index is 13.7. The maximum Gasteiger partial charge on any atom is 0.326 e. The molecule has 0 radical (unpaired) electrons. The Bertz CT molecular complexity index is 1380. The molecule has 2 atom stereocenters. The van der Waals surface area contributed by atoms with Gasteiger partial charge in [0.2, 0.25) is 11.8 Å². The third-order valence-electron chi connectivity index (χ3n) is 7.70. The van der Waals surface area contributed by atoms with E-state index in [0.29, 0.717) is 27.8 Å². The van der Waals surface area contributed by atoms with E-state index in [2.05, 4.69) is 0 Å². The summed E-state index contributed by atoms with van der Waals surface area (Å²) in [5.41, 5.74) is 4.12. The van der Waals surface area contributed by atoms with Crippen LogP contribution in [0.1, 0.15) is 38.2 Å². The smallest absolute Gasteiger partial charge is 0.326 e. The molecule has 1 fully saturated rings. The second kappa shape index (κ2) is 8.27. The first-order chi connectivity index (χ1) is 17.7. The quantitative estimate of drug-likeness (QED) is 0.211. The van der Waals surface area contributed by atoms with Crippen molar-refractivity contribution in [2.45, 2.75) is 16.7 Å². The number of esters is 1. The molecule has 2 amide bonds. The number of carbonyl (C=O) groups excluding carboxylic acids is 4. The number of amides is 2. The number of alkyl halides is 2. The average Bonchev–Trinajstić information content (AvgIpc) is 3.16. The number of hydrogen-bond acceptors (Lipinski definition) is 5. The Balaban J connectivity index is 1.30. The van der Waals surface area contributed by atoms with Gasteiger partial charge in [-0.1, -0.05) is 78.4 Å². The highest BCUT2D eigenvalue weighted by molar-refractivity contribution is 6.36. The van der Waals surface area contributed by atoms with Crippen molar-refractivity contribution in [2.24, 2.45) is 11.8 Å². The second-order valence-corrected chi connectivity index (χ2v) is 10.9. The summed E-state index contributed by atoms with van der Waals surface area (Å²) in [6, 6.07) is 21.5. The monoisotopic (exact) mass is 533 g/mol. The highest BCUT2D eigenvalue weighted by Crippen LogP contribution is 2.69. The first kappa shape index (κ1) is 23.9. The lowest BCUT2D eigenvalue weighted by Crippen LogP contribution is -2.57. The Hall–Kier alpha value is -3.48. The summed E-state index contributed by atoms with van der Waals surface area (Å²) >= 11 is 14.7. The lowest BCUT2D eigenvalue weighted by Gasteiger charge is -2.54. The third kappa shape index (κ3) is 3.19. The third-order valence-corrected chi connectivity index (χ3v) is 8.99. The van der Waals surface area contributed by atoms with Crippen LogP contribution in [0.5, 0.6) is 0 Å². The fraction of sp³-hybridized carbons (Fsp3) is 0.241. The van der Waals surface area contributed by atoms with Crippen LogP contribution in [0.2, 0.25) is 0 Å². The summed E-state index contributed by atoms with van der Waals surface area (Å²) in [6.07, 6.45) is 0. The SMILES string of the molecule is Cc1ccc(C(=O)COC(=O)CN2C(=O)[C@@H]3[C@H](C2=O)C2(Cl)c4ccccc4C3(Cl)c3ccccc32)cc1. The van der Waals surface area contributed by atoms with Gasteiger partial charge in [0, 0.05) is 5.56 Å². The first-order valence-electron chi connectivity index (χ1n) is 11.9. The maximum atomic E-state index is 13.7. The van der Waals surface area contributed by atoms with Crippen molar-refractivity contribution in [2.75, 3.05) is 13.2 Å². The van der Waals surface area contributed by atoms with E-state index in [9.17, 15) is 19.2 Å². The Labute approximate surface area is 223 Å².